The number of hydrogen-bond acceptors (Lipinski definition) is 4. The molecular formula is C16H32N4O. The zero-order valence-corrected chi connectivity index (χ0v) is 14.0. The predicted octanol–water partition coefficient (Wildman–Crippen LogP) is 1.95. The smallest absolute Gasteiger partial charge is 0.159 e. The largest absolute Gasteiger partial charge is 0.409 e. The van der Waals surface area contributed by atoms with Crippen molar-refractivity contribution >= 4 is 5.84 Å². The molecule has 0 radical (unpaired) electrons. The first-order valence-corrected chi connectivity index (χ1v) is 8.33. The van der Waals surface area contributed by atoms with E-state index in [1.807, 2.05) is 13.8 Å². The summed E-state index contributed by atoms with van der Waals surface area (Å²) in [6, 6.07) is 0.755. The Labute approximate surface area is 129 Å². The van der Waals surface area contributed by atoms with Crippen LogP contribution >= 0.6 is 0 Å². The molecule has 1 aliphatic carbocycles. The van der Waals surface area contributed by atoms with Crippen LogP contribution in [0.25, 0.3) is 0 Å². The minimum Gasteiger partial charge on any atom is -0.409 e. The lowest BCUT2D eigenvalue weighted by Gasteiger charge is -2.47. The Kier molecular flexibility index (Phi) is 5.15. The lowest BCUT2D eigenvalue weighted by Crippen LogP contribution is -2.61. The Balaban J connectivity index is 1.89. The van der Waals surface area contributed by atoms with E-state index < -0.39 is 0 Å². The molecule has 1 aliphatic heterocycles. The first-order chi connectivity index (χ1) is 9.86. The lowest BCUT2D eigenvalue weighted by atomic mass is 9.78. The van der Waals surface area contributed by atoms with Crippen LogP contribution in [0.1, 0.15) is 47.0 Å². The number of piperazine rings is 1. The van der Waals surface area contributed by atoms with Gasteiger partial charge in [-0.1, -0.05) is 19.0 Å². The lowest BCUT2D eigenvalue weighted by molar-refractivity contribution is 0.0336. The molecule has 1 saturated carbocycles. The molecule has 3 N–H and O–H groups in total. The van der Waals surface area contributed by atoms with Crippen LogP contribution in [0.15, 0.2) is 5.16 Å². The van der Waals surface area contributed by atoms with Gasteiger partial charge < -0.3 is 10.9 Å². The number of oxime groups is 1. The van der Waals surface area contributed by atoms with Crippen LogP contribution in [0.5, 0.6) is 0 Å². The monoisotopic (exact) mass is 296 g/mol. The molecule has 0 spiro atoms. The number of nitrogens with two attached hydrogens (primary N) is 1. The Morgan fingerprint density at radius 1 is 1.10 bits per heavy atom. The summed E-state index contributed by atoms with van der Waals surface area (Å²) in [6.45, 7) is 13.0. The third kappa shape index (κ3) is 3.51. The molecule has 3 atom stereocenters. The van der Waals surface area contributed by atoms with Crippen molar-refractivity contribution in [2.45, 2.75) is 58.5 Å². The molecule has 3 unspecified atom stereocenters. The summed E-state index contributed by atoms with van der Waals surface area (Å²) in [5.41, 5.74) is 5.47. The van der Waals surface area contributed by atoms with Crippen LogP contribution in [0.2, 0.25) is 0 Å². The zero-order valence-electron chi connectivity index (χ0n) is 14.0. The minimum atomic E-state index is -0.366. The number of hydrogen-bond donors (Lipinski definition) is 2. The molecule has 0 amide bonds. The van der Waals surface area contributed by atoms with Gasteiger partial charge in [0, 0.05) is 32.2 Å². The summed E-state index contributed by atoms with van der Waals surface area (Å²) in [7, 11) is 0. The zero-order chi connectivity index (χ0) is 15.6. The van der Waals surface area contributed by atoms with Crippen molar-refractivity contribution in [1.29, 1.82) is 0 Å². The third-order valence-corrected chi connectivity index (χ3v) is 5.93. The van der Waals surface area contributed by atoms with Gasteiger partial charge in [0.1, 0.15) is 0 Å². The summed E-state index contributed by atoms with van der Waals surface area (Å²) in [5, 5.41) is 12.1. The standard InChI is InChI=1S/C16H32N4O/c1-12-5-6-14(11-13(12)2)19-7-9-20(10-8-19)16(3,4)15(17)18-21/h12-14,21H,5-11H2,1-4H3,(H2,17,18). The molecule has 21 heavy (non-hydrogen) atoms. The van der Waals surface area contributed by atoms with Crippen LogP contribution in [0, 0.1) is 11.8 Å². The van der Waals surface area contributed by atoms with Gasteiger partial charge in [-0.25, -0.2) is 0 Å². The van der Waals surface area contributed by atoms with E-state index in [1.54, 1.807) is 0 Å². The van der Waals surface area contributed by atoms with Crippen LogP contribution in [-0.2, 0) is 0 Å². The van der Waals surface area contributed by atoms with E-state index in [-0.39, 0.29) is 5.54 Å². The Hall–Kier alpha value is -0.810. The van der Waals surface area contributed by atoms with Crippen molar-refractivity contribution in [1.82, 2.24) is 9.80 Å². The third-order valence-electron chi connectivity index (χ3n) is 5.93. The number of rotatable bonds is 3. The summed E-state index contributed by atoms with van der Waals surface area (Å²) in [4.78, 5) is 4.98. The Bertz CT molecular complexity index is 374. The molecule has 5 nitrogen and oxygen atoms in total. The van der Waals surface area contributed by atoms with Gasteiger partial charge >= 0.3 is 0 Å². The Morgan fingerprint density at radius 2 is 1.71 bits per heavy atom. The van der Waals surface area contributed by atoms with Crippen molar-refractivity contribution in [2.75, 3.05) is 26.2 Å². The quantitative estimate of drug-likeness (QED) is 0.362. The first-order valence-electron chi connectivity index (χ1n) is 8.33. The van der Waals surface area contributed by atoms with E-state index in [1.165, 1.54) is 19.3 Å². The van der Waals surface area contributed by atoms with Crippen molar-refractivity contribution in [3.05, 3.63) is 0 Å². The van der Waals surface area contributed by atoms with Crippen molar-refractivity contribution in [3.8, 4) is 0 Å². The summed E-state index contributed by atoms with van der Waals surface area (Å²) in [6.07, 6.45) is 4.04. The highest BCUT2D eigenvalue weighted by atomic mass is 16.4. The maximum atomic E-state index is 8.94. The number of nitrogens with zero attached hydrogens (tertiary/aromatic N) is 3. The van der Waals surface area contributed by atoms with E-state index in [0.29, 0.717) is 5.84 Å². The fraction of sp³-hybridized carbons (Fsp3) is 0.938. The van der Waals surface area contributed by atoms with E-state index in [0.717, 1.165) is 44.1 Å². The fourth-order valence-corrected chi connectivity index (χ4v) is 3.78. The van der Waals surface area contributed by atoms with Gasteiger partial charge in [-0.05, 0) is 44.9 Å². The average Bonchev–Trinajstić information content (AvgIpc) is 2.49. The Morgan fingerprint density at radius 3 is 2.24 bits per heavy atom. The van der Waals surface area contributed by atoms with Crippen LogP contribution < -0.4 is 5.73 Å². The topological polar surface area (TPSA) is 65.1 Å². The molecule has 5 heteroatoms. The summed E-state index contributed by atoms with van der Waals surface area (Å²) >= 11 is 0. The molecule has 2 rings (SSSR count). The van der Waals surface area contributed by atoms with Gasteiger partial charge in [-0.3, -0.25) is 9.80 Å². The molecule has 1 heterocycles. The molecule has 0 aromatic heterocycles. The van der Waals surface area contributed by atoms with E-state index in [4.69, 9.17) is 10.9 Å². The SMILES string of the molecule is CC1CCC(N2CCN(C(C)(C)C(N)=NO)CC2)CC1C. The minimum absolute atomic E-state index is 0.302. The normalized spacial score (nSPS) is 34.1. The summed E-state index contributed by atoms with van der Waals surface area (Å²) in [5.74, 6) is 2.02. The maximum Gasteiger partial charge on any atom is 0.159 e. The van der Waals surface area contributed by atoms with E-state index in [2.05, 4.69) is 28.8 Å². The van der Waals surface area contributed by atoms with Crippen molar-refractivity contribution in [3.63, 3.8) is 0 Å². The molecule has 0 aromatic carbocycles. The van der Waals surface area contributed by atoms with Gasteiger partial charge in [-0.2, -0.15) is 0 Å². The van der Waals surface area contributed by atoms with Gasteiger partial charge in [0.05, 0.1) is 5.54 Å². The second kappa shape index (κ2) is 6.53. The highest BCUT2D eigenvalue weighted by Gasteiger charge is 2.36. The second-order valence-corrected chi connectivity index (χ2v) is 7.49. The van der Waals surface area contributed by atoms with Crippen molar-refractivity contribution < 1.29 is 5.21 Å². The van der Waals surface area contributed by atoms with Crippen LogP contribution in [-0.4, -0.2) is 58.6 Å². The van der Waals surface area contributed by atoms with Gasteiger partial charge in [0.25, 0.3) is 0 Å². The average molecular weight is 296 g/mol. The molecular weight excluding hydrogens is 264 g/mol. The maximum absolute atomic E-state index is 8.94. The second-order valence-electron chi connectivity index (χ2n) is 7.49. The molecule has 122 valence electrons. The molecule has 0 bridgehead atoms. The van der Waals surface area contributed by atoms with E-state index in [9.17, 15) is 0 Å². The first kappa shape index (κ1) is 16.6. The van der Waals surface area contributed by atoms with Gasteiger partial charge in [0.15, 0.2) is 5.84 Å². The predicted molar refractivity (Wildman–Crippen MR) is 86.6 cm³/mol. The molecule has 0 aromatic rings. The van der Waals surface area contributed by atoms with Gasteiger partial charge in [-0.15, -0.1) is 0 Å². The van der Waals surface area contributed by atoms with Crippen LogP contribution in [0.4, 0.5) is 0 Å². The number of amidine groups is 1. The van der Waals surface area contributed by atoms with Gasteiger partial charge in [0.2, 0.25) is 0 Å². The molecule has 1 saturated heterocycles. The highest BCUT2D eigenvalue weighted by Crippen LogP contribution is 2.32. The van der Waals surface area contributed by atoms with Crippen molar-refractivity contribution in [2.24, 2.45) is 22.7 Å². The van der Waals surface area contributed by atoms with E-state index >= 15 is 0 Å². The fourth-order valence-electron chi connectivity index (χ4n) is 3.78. The highest BCUT2D eigenvalue weighted by molar-refractivity contribution is 5.88. The molecule has 2 fully saturated rings. The molecule has 2 aliphatic rings. The summed E-state index contributed by atoms with van der Waals surface area (Å²) < 4.78 is 0. The van der Waals surface area contributed by atoms with Crippen LogP contribution in [0.3, 0.4) is 0 Å².